The molecule has 0 aromatic heterocycles. The van der Waals surface area contributed by atoms with Crippen molar-refractivity contribution in [2.75, 3.05) is 5.32 Å². The highest BCUT2D eigenvalue weighted by Crippen LogP contribution is 2.27. The lowest BCUT2D eigenvalue weighted by Gasteiger charge is -2.19. The Morgan fingerprint density at radius 1 is 1.08 bits per heavy atom. The molecule has 26 heavy (non-hydrogen) atoms. The summed E-state index contributed by atoms with van der Waals surface area (Å²) in [4.78, 5) is 24.7. The molecule has 0 aliphatic heterocycles. The van der Waals surface area contributed by atoms with Crippen LogP contribution in [0.4, 0.5) is 5.69 Å². The maximum Gasteiger partial charge on any atom is 0.342 e. The third-order valence-electron chi connectivity index (χ3n) is 4.20. The number of hydrogen-bond acceptors (Lipinski definition) is 4. The van der Waals surface area contributed by atoms with Gasteiger partial charge in [0.25, 0.3) is 5.91 Å². The number of nitrogens with one attached hydrogen (secondary N) is 1. The zero-order chi connectivity index (χ0) is 19.4. The lowest BCUT2D eigenvalue weighted by atomic mass is 9.98. The van der Waals surface area contributed by atoms with Crippen molar-refractivity contribution in [1.29, 1.82) is 0 Å². The molecule has 0 aliphatic carbocycles. The monoisotopic (exact) mass is 355 g/mol. The Kier molecular flexibility index (Phi) is 6.03. The van der Waals surface area contributed by atoms with Gasteiger partial charge >= 0.3 is 5.97 Å². The summed E-state index contributed by atoms with van der Waals surface area (Å²) >= 11 is 0. The Morgan fingerprint density at radius 3 is 2.38 bits per heavy atom. The van der Waals surface area contributed by atoms with E-state index in [4.69, 9.17) is 4.74 Å². The molecule has 1 atom stereocenters. The molecule has 0 saturated heterocycles. The zero-order valence-corrected chi connectivity index (χ0v) is 15.8. The number of carbonyl (C=O) groups is 2. The highest BCUT2D eigenvalue weighted by molar-refractivity contribution is 5.99. The van der Waals surface area contributed by atoms with Crippen LogP contribution in [0.15, 0.2) is 36.4 Å². The first-order valence-electron chi connectivity index (χ1n) is 8.61. The number of esters is 1. The van der Waals surface area contributed by atoms with E-state index >= 15 is 0 Å². The van der Waals surface area contributed by atoms with Gasteiger partial charge in [-0.2, -0.15) is 0 Å². The number of benzene rings is 2. The highest BCUT2D eigenvalue weighted by atomic mass is 16.5. The number of rotatable bonds is 5. The summed E-state index contributed by atoms with van der Waals surface area (Å²) in [5.41, 5.74) is 3.57. The minimum absolute atomic E-state index is 0.0361. The van der Waals surface area contributed by atoms with Crippen LogP contribution in [0.25, 0.3) is 0 Å². The van der Waals surface area contributed by atoms with E-state index in [1.54, 1.807) is 13.0 Å². The van der Waals surface area contributed by atoms with Crippen LogP contribution in [0.1, 0.15) is 53.7 Å². The number of phenolic OH excluding ortho intramolecular Hbond substituents is 1. The van der Waals surface area contributed by atoms with Crippen molar-refractivity contribution in [3.8, 4) is 5.75 Å². The van der Waals surface area contributed by atoms with Gasteiger partial charge < -0.3 is 15.2 Å². The summed E-state index contributed by atoms with van der Waals surface area (Å²) in [6.07, 6.45) is -0.997. The first-order valence-corrected chi connectivity index (χ1v) is 8.61. The Morgan fingerprint density at radius 2 is 1.77 bits per heavy atom. The molecular formula is C21H25NO4. The number of aryl methyl sites for hydroxylation is 2. The normalized spacial score (nSPS) is 11.9. The van der Waals surface area contributed by atoms with Crippen molar-refractivity contribution in [3.05, 3.63) is 58.7 Å². The van der Waals surface area contributed by atoms with Crippen LogP contribution in [-0.2, 0) is 9.53 Å². The van der Waals surface area contributed by atoms with E-state index in [-0.39, 0.29) is 17.2 Å². The molecule has 0 bridgehead atoms. The molecule has 2 rings (SSSR count). The highest BCUT2D eigenvalue weighted by Gasteiger charge is 2.22. The third kappa shape index (κ3) is 4.42. The lowest BCUT2D eigenvalue weighted by molar-refractivity contribution is -0.123. The molecular weight excluding hydrogens is 330 g/mol. The Balaban J connectivity index is 2.12. The molecule has 2 aromatic carbocycles. The second kappa shape index (κ2) is 8.04. The van der Waals surface area contributed by atoms with Crippen LogP contribution < -0.4 is 5.32 Å². The predicted octanol–water partition coefficient (Wildman–Crippen LogP) is 4.32. The summed E-state index contributed by atoms with van der Waals surface area (Å²) in [5, 5.41) is 12.7. The molecule has 0 aliphatic rings. The van der Waals surface area contributed by atoms with Crippen LogP contribution in [-0.4, -0.2) is 23.1 Å². The van der Waals surface area contributed by atoms with Crippen LogP contribution in [0.2, 0.25) is 0 Å². The maximum absolute atomic E-state index is 12.5. The molecule has 0 fully saturated rings. The van der Waals surface area contributed by atoms with Gasteiger partial charge in [-0.25, -0.2) is 4.79 Å². The fraction of sp³-hybridized carbons (Fsp3) is 0.333. The summed E-state index contributed by atoms with van der Waals surface area (Å²) < 4.78 is 5.22. The first-order chi connectivity index (χ1) is 12.2. The van der Waals surface area contributed by atoms with Gasteiger partial charge in [-0.15, -0.1) is 0 Å². The fourth-order valence-corrected chi connectivity index (χ4v) is 2.66. The summed E-state index contributed by atoms with van der Waals surface area (Å²) in [6, 6.07) is 10.5. The average molecular weight is 355 g/mol. The standard InChI is InChI=1S/C21H25NO4/c1-12(2)16-8-6-7-14(4)19(16)22-20(24)15(5)26-21(25)17-10-9-13(3)11-18(17)23/h6-12,15,23H,1-5H3,(H,22,24)/t15-/m1/s1. The van der Waals surface area contributed by atoms with Gasteiger partial charge in [-0.3, -0.25) is 4.79 Å². The number of amides is 1. The SMILES string of the molecule is Cc1ccc(C(=O)O[C@H](C)C(=O)Nc2c(C)cccc2C(C)C)c(O)c1. The van der Waals surface area contributed by atoms with Crippen molar-refractivity contribution in [2.45, 2.75) is 46.6 Å². The fourth-order valence-electron chi connectivity index (χ4n) is 2.66. The Labute approximate surface area is 154 Å². The number of anilines is 1. The number of ether oxygens (including phenoxy) is 1. The molecule has 5 nitrogen and oxygen atoms in total. The van der Waals surface area contributed by atoms with Gasteiger partial charge in [-0.1, -0.05) is 38.1 Å². The van der Waals surface area contributed by atoms with Crippen LogP contribution in [0.3, 0.4) is 0 Å². The first kappa shape index (κ1) is 19.5. The second-order valence-corrected chi connectivity index (χ2v) is 6.75. The van der Waals surface area contributed by atoms with Gasteiger partial charge in [-0.05, 0) is 55.5 Å². The summed E-state index contributed by atoms with van der Waals surface area (Å²) in [7, 11) is 0. The Bertz CT molecular complexity index is 827. The molecule has 0 unspecified atom stereocenters. The quantitative estimate of drug-likeness (QED) is 0.783. The van der Waals surface area contributed by atoms with E-state index in [9.17, 15) is 14.7 Å². The predicted molar refractivity (Wildman–Crippen MR) is 102 cm³/mol. The molecule has 0 radical (unpaired) electrons. The van der Waals surface area contributed by atoms with Gasteiger partial charge in [0.05, 0.1) is 0 Å². The summed E-state index contributed by atoms with van der Waals surface area (Å²) in [6.45, 7) is 9.33. The maximum atomic E-state index is 12.5. The van der Waals surface area contributed by atoms with Crippen molar-refractivity contribution in [3.63, 3.8) is 0 Å². The number of carbonyl (C=O) groups excluding carboxylic acids is 2. The molecule has 5 heteroatoms. The molecule has 1 amide bonds. The van der Waals surface area contributed by atoms with Crippen LogP contribution in [0.5, 0.6) is 5.75 Å². The Hall–Kier alpha value is -2.82. The number of para-hydroxylation sites is 1. The number of aromatic hydroxyl groups is 1. The molecule has 0 spiro atoms. The minimum atomic E-state index is -0.997. The van der Waals surface area contributed by atoms with E-state index in [0.29, 0.717) is 0 Å². The van der Waals surface area contributed by atoms with E-state index in [1.165, 1.54) is 19.1 Å². The molecule has 0 heterocycles. The van der Waals surface area contributed by atoms with E-state index in [2.05, 4.69) is 5.32 Å². The van der Waals surface area contributed by atoms with Crippen molar-refractivity contribution in [2.24, 2.45) is 0 Å². The third-order valence-corrected chi connectivity index (χ3v) is 4.20. The van der Waals surface area contributed by atoms with E-state index in [0.717, 1.165) is 22.4 Å². The zero-order valence-electron chi connectivity index (χ0n) is 15.8. The van der Waals surface area contributed by atoms with E-state index in [1.807, 2.05) is 39.0 Å². The topological polar surface area (TPSA) is 75.6 Å². The molecule has 138 valence electrons. The molecule has 2 N–H and O–H groups in total. The van der Waals surface area contributed by atoms with Crippen molar-refractivity contribution < 1.29 is 19.4 Å². The van der Waals surface area contributed by atoms with Gasteiger partial charge in [0, 0.05) is 5.69 Å². The second-order valence-electron chi connectivity index (χ2n) is 6.75. The van der Waals surface area contributed by atoms with Crippen molar-refractivity contribution in [1.82, 2.24) is 0 Å². The van der Waals surface area contributed by atoms with E-state index < -0.39 is 18.0 Å². The number of hydrogen-bond donors (Lipinski definition) is 2. The lowest BCUT2D eigenvalue weighted by Crippen LogP contribution is -2.30. The molecule has 0 saturated carbocycles. The summed E-state index contributed by atoms with van der Waals surface area (Å²) in [5.74, 6) is -1.07. The van der Waals surface area contributed by atoms with Gasteiger partial charge in [0.1, 0.15) is 11.3 Å². The van der Waals surface area contributed by atoms with Gasteiger partial charge in [0.15, 0.2) is 6.10 Å². The largest absolute Gasteiger partial charge is 0.507 e. The van der Waals surface area contributed by atoms with Crippen molar-refractivity contribution >= 4 is 17.6 Å². The van der Waals surface area contributed by atoms with Crippen LogP contribution in [0, 0.1) is 13.8 Å². The van der Waals surface area contributed by atoms with Crippen LogP contribution >= 0.6 is 0 Å². The van der Waals surface area contributed by atoms with Gasteiger partial charge in [0.2, 0.25) is 0 Å². The molecule has 2 aromatic rings. The average Bonchev–Trinajstić information content (AvgIpc) is 2.56. The number of phenols is 1. The smallest absolute Gasteiger partial charge is 0.342 e. The minimum Gasteiger partial charge on any atom is -0.507 e.